The van der Waals surface area contributed by atoms with E-state index in [9.17, 15) is 0 Å². The third-order valence-corrected chi connectivity index (χ3v) is 3.50. The molecule has 4 heteroatoms. The van der Waals surface area contributed by atoms with Gasteiger partial charge in [0.15, 0.2) is 0 Å². The second-order valence-corrected chi connectivity index (χ2v) is 4.85. The number of piperidine rings is 1. The summed E-state index contributed by atoms with van der Waals surface area (Å²) in [4.78, 5) is 2.22. The Labute approximate surface area is 113 Å². The number of halogens is 1. The zero-order chi connectivity index (χ0) is 13.0. The molecule has 1 aromatic rings. The molecule has 0 aliphatic carbocycles. The highest BCUT2D eigenvalue weighted by Crippen LogP contribution is 2.27. The molecule has 2 rings (SSSR count). The average Bonchev–Trinajstić information content (AvgIpc) is 2.40. The van der Waals surface area contributed by atoms with Crippen LogP contribution in [0.15, 0.2) is 18.2 Å². The summed E-state index contributed by atoms with van der Waals surface area (Å²) in [6, 6.07) is 7.65. The minimum Gasteiger partial charge on any atom is -0.378 e. The van der Waals surface area contributed by atoms with E-state index in [1.165, 1.54) is 0 Å². The maximum Gasteiger partial charge on any atom is 0.101 e. The molecule has 0 bridgehead atoms. The molecule has 1 aromatic carbocycles. The van der Waals surface area contributed by atoms with Gasteiger partial charge in [0.1, 0.15) is 6.07 Å². The monoisotopic (exact) mass is 264 g/mol. The molecule has 0 N–H and O–H groups in total. The third-order valence-electron chi connectivity index (χ3n) is 3.27. The Morgan fingerprint density at radius 1 is 1.44 bits per heavy atom. The predicted octanol–water partition coefficient (Wildman–Crippen LogP) is 3.22. The Balaban J connectivity index is 2.10. The lowest BCUT2D eigenvalue weighted by atomic mass is 10.1. The largest absolute Gasteiger partial charge is 0.378 e. The number of nitriles is 1. The quantitative estimate of drug-likeness (QED) is 0.841. The van der Waals surface area contributed by atoms with Crippen LogP contribution >= 0.6 is 11.6 Å². The zero-order valence-corrected chi connectivity index (χ0v) is 11.3. The van der Waals surface area contributed by atoms with Crippen molar-refractivity contribution >= 4 is 17.3 Å². The van der Waals surface area contributed by atoms with Crippen molar-refractivity contribution in [3.05, 3.63) is 28.8 Å². The van der Waals surface area contributed by atoms with Gasteiger partial charge in [0.25, 0.3) is 0 Å². The van der Waals surface area contributed by atoms with Crippen LogP contribution in [-0.4, -0.2) is 25.8 Å². The van der Waals surface area contributed by atoms with Gasteiger partial charge in [0.05, 0.1) is 17.4 Å². The number of rotatable bonds is 3. The summed E-state index contributed by atoms with van der Waals surface area (Å²) in [7, 11) is 0. The second kappa shape index (κ2) is 6.08. The fourth-order valence-electron chi connectivity index (χ4n) is 2.36. The number of nitrogens with zero attached hydrogens (tertiary/aromatic N) is 2. The Bertz CT molecular complexity index is 448. The van der Waals surface area contributed by atoms with Gasteiger partial charge in [-0.3, -0.25) is 0 Å². The van der Waals surface area contributed by atoms with Crippen molar-refractivity contribution in [1.82, 2.24) is 0 Å². The van der Waals surface area contributed by atoms with Crippen LogP contribution in [0.25, 0.3) is 0 Å². The molecular weight excluding hydrogens is 248 g/mol. The van der Waals surface area contributed by atoms with Crippen LogP contribution in [-0.2, 0) is 4.74 Å². The topological polar surface area (TPSA) is 36.3 Å². The van der Waals surface area contributed by atoms with Crippen LogP contribution in [0, 0.1) is 11.3 Å². The van der Waals surface area contributed by atoms with Crippen LogP contribution in [0.1, 0.15) is 25.3 Å². The summed E-state index contributed by atoms with van der Waals surface area (Å²) < 4.78 is 5.63. The maximum atomic E-state index is 9.13. The van der Waals surface area contributed by atoms with Crippen molar-refractivity contribution in [3.8, 4) is 6.07 Å². The summed E-state index contributed by atoms with van der Waals surface area (Å²) >= 11 is 6.01. The van der Waals surface area contributed by atoms with Crippen molar-refractivity contribution in [2.45, 2.75) is 25.9 Å². The molecular formula is C14H17ClN2O. The third kappa shape index (κ3) is 2.95. The molecule has 0 spiro atoms. The second-order valence-electron chi connectivity index (χ2n) is 4.42. The van der Waals surface area contributed by atoms with E-state index < -0.39 is 0 Å². The molecule has 3 nitrogen and oxygen atoms in total. The fraction of sp³-hybridized carbons (Fsp3) is 0.500. The molecule has 1 heterocycles. The highest BCUT2D eigenvalue weighted by Gasteiger charge is 2.21. The van der Waals surface area contributed by atoms with E-state index in [1.807, 2.05) is 13.0 Å². The van der Waals surface area contributed by atoms with Crippen LogP contribution in [0.3, 0.4) is 0 Å². The Kier molecular flexibility index (Phi) is 4.46. The van der Waals surface area contributed by atoms with Crippen LogP contribution in [0.4, 0.5) is 5.69 Å². The molecule has 96 valence electrons. The summed E-state index contributed by atoms with van der Waals surface area (Å²) in [6.45, 7) is 4.63. The molecule has 1 saturated heterocycles. The Hall–Kier alpha value is -1.24. The molecule has 0 atom stereocenters. The fourth-order valence-corrected chi connectivity index (χ4v) is 2.53. The average molecular weight is 265 g/mol. The van der Waals surface area contributed by atoms with E-state index in [1.54, 1.807) is 12.1 Å². The molecule has 0 unspecified atom stereocenters. The molecule has 0 radical (unpaired) electrons. The van der Waals surface area contributed by atoms with Crippen molar-refractivity contribution in [3.63, 3.8) is 0 Å². The summed E-state index contributed by atoms with van der Waals surface area (Å²) in [5, 5.41) is 9.81. The van der Waals surface area contributed by atoms with E-state index in [2.05, 4.69) is 11.0 Å². The summed E-state index contributed by atoms with van der Waals surface area (Å²) in [5.74, 6) is 0. The van der Waals surface area contributed by atoms with Gasteiger partial charge in [-0.2, -0.15) is 5.26 Å². The Morgan fingerprint density at radius 2 is 2.17 bits per heavy atom. The van der Waals surface area contributed by atoms with Gasteiger partial charge in [-0.25, -0.2) is 0 Å². The number of anilines is 1. The van der Waals surface area contributed by atoms with Gasteiger partial charge >= 0.3 is 0 Å². The van der Waals surface area contributed by atoms with Crippen molar-refractivity contribution in [2.75, 3.05) is 24.6 Å². The lowest BCUT2D eigenvalue weighted by Gasteiger charge is -2.33. The van der Waals surface area contributed by atoms with Crippen LogP contribution < -0.4 is 4.90 Å². The van der Waals surface area contributed by atoms with E-state index in [4.69, 9.17) is 21.6 Å². The highest BCUT2D eigenvalue weighted by atomic mass is 35.5. The molecule has 0 amide bonds. The molecule has 0 saturated carbocycles. The van der Waals surface area contributed by atoms with Crippen molar-refractivity contribution in [1.29, 1.82) is 5.26 Å². The Morgan fingerprint density at radius 3 is 2.78 bits per heavy atom. The van der Waals surface area contributed by atoms with Gasteiger partial charge in [0, 0.05) is 24.7 Å². The highest BCUT2D eigenvalue weighted by molar-refractivity contribution is 6.30. The maximum absolute atomic E-state index is 9.13. The smallest absolute Gasteiger partial charge is 0.101 e. The molecule has 1 aliphatic rings. The number of benzene rings is 1. The van der Waals surface area contributed by atoms with E-state index >= 15 is 0 Å². The van der Waals surface area contributed by atoms with Crippen LogP contribution in [0.2, 0.25) is 5.02 Å². The summed E-state index contributed by atoms with van der Waals surface area (Å²) in [6.07, 6.45) is 2.37. The van der Waals surface area contributed by atoms with Gasteiger partial charge in [-0.15, -0.1) is 0 Å². The lowest BCUT2D eigenvalue weighted by Crippen LogP contribution is -2.37. The van der Waals surface area contributed by atoms with E-state index in [0.717, 1.165) is 38.2 Å². The first kappa shape index (κ1) is 13.2. The van der Waals surface area contributed by atoms with Crippen LogP contribution in [0.5, 0.6) is 0 Å². The zero-order valence-electron chi connectivity index (χ0n) is 10.5. The first-order valence-corrected chi connectivity index (χ1v) is 6.68. The van der Waals surface area contributed by atoms with Gasteiger partial charge in [0.2, 0.25) is 0 Å². The number of ether oxygens (including phenoxy) is 1. The molecule has 1 fully saturated rings. The molecule has 0 aromatic heterocycles. The van der Waals surface area contributed by atoms with Crippen molar-refractivity contribution < 1.29 is 4.74 Å². The van der Waals surface area contributed by atoms with Gasteiger partial charge in [-0.05, 0) is 38.0 Å². The standard InChI is InChI=1S/C14H17ClN2O/c1-2-18-13-5-7-17(8-6-13)14-9-12(15)4-3-11(14)10-16/h3-4,9,13H,2,5-8H2,1H3. The lowest BCUT2D eigenvalue weighted by molar-refractivity contribution is 0.0459. The first-order valence-electron chi connectivity index (χ1n) is 6.30. The molecule has 18 heavy (non-hydrogen) atoms. The van der Waals surface area contributed by atoms with E-state index in [0.29, 0.717) is 16.7 Å². The van der Waals surface area contributed by atoms with Crippen molar-refractivity contribution in [2.24, 2.45) is 0 Å². The minimum atomic E-state index is 0.357. The number of hydrogen-bond acceptors (Lipinski definition) is 3. The minimum absolute atomic E-state index is 0.357. The molecule has 1 aliphatic heterocycles. The van der Waals surface area contributed by atoms with Gasteiger partial charge < -0.3 is 9.64 Å². The van der Waals surface area contributed by atoms with E-state index in [-0.39, 0.29) is 0 Å². The predicted molar refractivity (Wildman–Crippen MR) is 73.0 cm³/mol. The van der Waals surface area contributed by atoms with Gasteiger partial charge in [-0.1, -0.05) is 11.6 Å². The SMILES string of the molecule is CCOC1CCN(c2cc(Cl)ccc2C#N)CC1. The normalized spacial score (nSPS) is 16.6. The number of hydrogen-bond donors (Lipinski definition) is 0. The first-order chi connectivity index (χ1) is 8.74. The summed E-state index contributed by atoms with van der Waals surface area (Å²) in [5.41, 5.74) is 1.63.